The SMILES string of the molecule is N#CC(C#N)=C(C#N)Nc1ccc2c(C(F)(F)F)cc(=O)oc2c1. The van der Waals surface area contributed by atoms with E-state index >= 15 is 0 Å². The van der Waals surface area contributed by atoms with Crippen LogP contribution in [0.5, 0.6) is 0 Å². The van der Waals surface area contributed by atoms with Crippen LogP contribution in [0.4, 0.5) is 18.9 Å². The second kappa shape index (κ2) is 6.15. The summed E-state index contributed by atoms with van der Waals surface area (Å²) in [4.78, 5) is 11.3. The average Bonchev–Trinajstić information content (AvgIpc) is 2.52. The number of rotatable bonds is 2. The molecule has 0 saturated heterocycles. The first-order chi connectivity index (χ1) is 11.3. The van der Waals surface area contributed by atoms with Crippen LogP contribution in [0.15, 0.2) is 44.7 Å². The standard InChI is InChI=1S/C15H5F3N4O2/c16-15(17,18)11-4-14(23)24-13-3-9(1-2-10(11)13)22-12(7-21)8(5-19)6-20/h1-4,22H. The molecule has 0 aliphatic heterocycles. The van der Waals surface area contributed by atoms with Crippen LogP contribution >= 0.6 is 0 Å². The number of hydrogen-bond acceptors (Lipinski definition) is 6. The summed E-state index contributed by atoms with van der Waals surface area (Å²) >= 11 is 0. The fourth-order valence-electron chi connectivity index (χ4n) is 1.90. The van der Waals surface area contributed by atoms with E-state index in [-0.39, 0.29) is 22.4 Å². The van der Waals surface area contributed by atoms with Gasteiger partial charge in [0, 0.05) is 23.2 Å². The Balaban J connectivity index is 2.61. The van der Waals surface area contributed by atoms with Crippen molar-refractivity contribution in [3.63, 3.8) is 0 Å². The van der Waals surface area contributed by atoms with Gasteiger partial charge in [-0.1, -0.05) is 0 Å². The van der Waals surface area contributed by atoms with Crippen LogP contribution in [0.3, 0.4) is 0 Å². The van der Waals surface area contributed by atoms with E-state index in [0.29, 0.717) is 6.07 Å². The lowest BCUT2D eigenvalue weighted by Crippen LogP contribution is -2.11. The van der Waals surface area contributed by atoms with Crippen molar-refractivity contribution in [2.45, 2.75) is 6.18 Å². The molecule has 0 aliphatic rings. The van der Waals surface area contributed by atoms with Crippen molar-refractivity contribution in [1.82, 2.24) is 0 Å². The summed E-state index contributed by atoms with van der Waals surface area (Å²) in [6.07, 6.45) is -4.74. The predicted octanol–water partition coefficient (Wildman–Crippen LogP) is 3.05. The highest BCUT2D eigenvalue weighted by Crippen LogP contribution is 2.34. The number of anilines is 1. The van der Waals surface area contributed by atoms with E-state index in [4.69, 9.17) is 20.2 Å². The molecule has 0 spiro atoms. The Hall–Kier alpha value is -3.77. The van der Waals surface area contributed by atoms with Gasteiger partial charge in [0.15, 0.2) is 5.57 Å². The maximum Gasteiger partial charge on any atom is 0.417 e. The van der Waals surface area contributed by atoms with Crippen molar-refractivity contribution < 1.29 is 17.6 Å². The topological polar surface area (TPSA) is 114 Å². The summed E-state index contributed by atoms with van der Waals surface area (Å²) in [6.45, 7) is 0. The van der Waals surface area contributed by atoms with Gasteiger partial charge in [-0.25, -0.2) is 4.79 Å². The summed E-state index contributed by atoms with van der Waals surface area (Å²) in [5.74, 6) is 0. The lowest BCUT2D eigenvalue weighted by molar-refractivity contribution is -0.136. The summed E-state index contributed by atoms with van der Waals surface area (Å²) < 4.78 is 43.6. The molecule has 0 unspecified atom stereocenters. The van der Waals surface area contributed by atoms with Gasteiger partial charge in [0.25, 0.3) is 0 Å². The Kier molecular flexibility index (Phi) is 4.25. The third kappa shape index (κ3) is 3.18. The molecule has 0 fully saturated rings. The van der Waals surface area contributed by atoms with E-state index in [0.717, 1.165) is 12.1 Å². The zero-order chi connectivity index (χ0) is 17.9. The molecule has 1 N–H and O–H groups in total. The van der Waals surface area contributed by atoms with E-state index in [1.807, 2.05) is 0 Å². The molecule has 0 aliphatic carbocycles. The minimum absolute atomic E-state index is 0.0736. The van der Waals surface area contributed by atoms with Gasteiger partial charge in [-0.2, -0.15) is 29.0 Å². The molecule has 2 aromatic rings. The molecule has 6 nitrogen and oxygen atoms in total. The number of nitrogens with zero attached hydrogens (tertiary/aromatic N) is 3. The molecule has 0 atom stereocenters. The lowest BCUT2D eigenvalue weighted by atomic mass is 10.1. The van der Waals surface area contributed by atoms with Gasteiger partial charge >= 0.3 is 11.8 Å². The molecule has 0 radical (unpaired) electrons. The largest absolute Gasteiger partial charge is 0.423 e. The average molecular weight is 330 g/mol. The Morgan fingerprint density at radius 3 is 2.29 bits per heavy atom. The third-order valence-corrected chi connectivity index (χ3v) is 2.90. The van der Waals surface area contributed by atoms with Crippen LogP contribution in [0.1, 0.15) is 5.56 Å². The van der Waals surface area contributed by atoms with Gasteiger partial charge in [-0.05, 0) is 12.1 Å². The number of nitrogens with one attached hydrogen (secondary N) is 1. The molecule has 2 rings (SSSR count). The first-order valence-corrected chi connectivity index (χ1v) is 6.17. The van der Waals surface area contributed by atoms with Gasteiger partial charge < -0.3 is 9.73 Å². The maximum absolute atomic E-state index is 12.9. The zero-order valence-electron chi connectivity index (χ0n) is 11.6. The highest BCUT2D eigenvalue weighted by molar-refractivity contribution is 5.84. The monoisotopic (exact) mass is 330 g/mol. The minimum Gasteiger partial charge on any atom is -0.423 e. The van der Waals surface area contributed by atoms with Crippen molar-refractivity contribution in [1.29, 1.82) is 15.8 Å². The highest BCUT2D eigenvalue weighted by atomic mass is 19.4. The molecule has 0 bridgehead atoms. The first kappa shape index (κ1) is 16.6. The normalized spacial score (nSPS) is 10.3. The van der Waals surface area contributed by atoms with Crippen LogP contribution in [0.25, 0.3) is 11.0 Å². The molecular weight excluding hydrogens is 325 g/mol. The highest BCUT2D eigenvalue weighted by Gasteiger charge is 2.33. The molecule has 1 heterocycles. The molecule has 0 amide bonds. The van der Waals surface area contributed by atoms with E-state index in [2.05, 4.69) is 5.32 Å². The zero-order valence-corrected chi connectivity index (χ0v) is 11.6. The number of hydrogen-bond donors (Lipinski definition) is 1. The van der Waals surface area contributed by atoms with Gasteiger partial charge in [-0.3, -0.25) is 0 Å². The molecule has 118 valence electrons. The number of alkyl halides is 3. The van der Waals surface area contributed by atoms with Crippen LogP contribution in [0, 0.1) is 34.0 Å². The summed E-state index contributed by atoms with van der Waals surface area (Å²) in [6, 6.07) is 8.28. The number of fused-ring (bicyclic) bond motifs is 1. The van der Waals surface area contributed by atoms with Crippen molar-refractivity contribution >= 4 is 16.7 Å². The van der Waals surface area contributed by atoms with Crippen LogP contribution in [-0.2, 0) is 6.18 Å². The Bertz CT molecular complexity index is 1010. The molecule has 1 aromatic heterocycles. The summed E-state index contributed by atoms with van der Waals surface area (Å²) in [5, 5.41) is 28.5. The second-order valence-corrected chi connectivity index (χ2v) is 4.40. The molecule has 9 heteroatoms. The number of halogens is 3. The van der Waals surface area contributed by atoms with E-state index in [1.165, 1.54) is 18.2 Å². The molecular formula is C15H5F3N4O2. The van der Waals surface area contributed by atoms with Crippen molar-refractivity contribution in [2.75, 3.05) is 5.32 Å². The van der Waals surface area contributed by atoms with Gasteiger partial charge in [0.2, 0.25) is 0 Å². The van der Waals surface area contributed by atoms with Gasteiger partial charge in [-0.15, -0.1) is 0 Å². The summed E-state index contributed by atoms with van der Waals surface area (Å²) in [5.41, 5.74) is -3.49. The number of nitriles is 3. The van der Waals surface area contributed by atoms with E-state index in [9.17, 15) is 18.0 Å². The fraction of sp³-hybridized carbons (Fsp3) is 0.0667. The van der Waals surface area contributed by atoms with Crippen molar-refractivity contribution in [3.8, 4) is 18.2 Å². The molecule has 24 heavy (non-hydrogen) atoms. The molecule has 1 aromatic carbocycles. The first-order valence-electron chi connectivity index (χ1n) is 6.17. The Morgan fingerprint density at radius 1 is 1.08 bits per heavy atom. The minimum atomic E-state index is -4.74. The Morgan fingerprint density at radius 2 is 1.75 bits per heavy atom. The predicted molar refractivity (Wildman–Crippen MR) is 75.0 cm³/mol. The van der Waals surface area contributed by atoms with Crippen LogP contribution in [0.2, 0.25) is 0 Å². The fourth-order valence-corrected chi connectivity index (χ4v) is 1.90. The van der Waals surface area contributed by atoms with Gasteiger partial charge in [0.05, 0.1) is 5.56 Å². The maximum atomic E-state index is 12.9. The van der Waals surface area contributed by atoms with Crippen molar-refractivity contribution in [3.05, 3.63) is 51.5 Å². The quantitative estimate of drug-likeness (QED) is 0.668. The Labute approximate surface area is 132 Å². The second-order valence-electron chi connectivity index (χ2n) is 4.40. The van der Waals surface area contributed by atoms with Crippen LogP contribution in [-0.4, -0.2) is 0 Å². The van der Waals surface area contributed by atoms with E-state index in [1.54, 1.807) is 6.07 Å². The van der Waals surface area contributed by atoms with Gasteiger partial charge in [0.1, 0.15) is 29.5 Å². The van der Waals surface area contributed by atoms with Crippen molar-refractivity contribution in [2.24, 2.45) is 0 Å². The third-order valence-electron chi connectivity index (χ3n) is 2.90. The van der Waals surface area contributed by atoms with E-state index < -0.39 is 22.9 Å². The summed E-state index contributed by atoms with van der Waals surface area (Å²) in [7, 11) is 0. The molecule has 0 saturated carbocycles. The lowest BCUT2D eigenvalue weighted by Gasteiger charge is -2.10. The van der Waals surface area contributed by atoms with Crippen LogP contribution < -0.4 is 10.9 Å². The number of allylic oxidation sites excluding steroid dienone is 2. The number of benzene rings is 1. The smallest absolute Gasteiger partial charge is 0.417 e.